The van der Waals surface area contributed by atoms with Crippen molar-refractivity contribution in [2.24, 2.45) is 0 Å². The smallest absolute Gasteiger partial charge is 0.414 e. The van der Waals surface area contributed by atoms with Crippen LogP contribution in [0.2, 0.25) is 0 Å². The number of hydrogen-bond acceptors (Lipinski definition) is 9. The molecule has 11 nitrogen and oxygen atoms in total. The van der Waals surface area contributed by atoms with Crippen LogP contribution in [0, 0.1) is 0 Å². The van der Waals surface area contributed by atoms with Crippen LogP contribution in [0.5, 0.6) is 0 Å². The van der Waals surface area contributed by atoms with E-state index in [0.717, 1.165) is 16.9 Å². The zero-order chi connectivity index (χ0) is 26.4. The molecule has 0 unspecified atom stereocenters. The van der Waals surface area contributed by atoms with Gasteiger partial charge in [-0.2, -0.15) is 0 Å². The van der Waals surface area contributed by atoms with Gasteiger partial charge in [-0.15, -0.1) is 5.10 Å². The lowest BCUT2D eigenvalue weighted by Gasteiger charge is -2.43. The standard InChI is InChI=1S/C26H33N5O6/c1-6-35-22-21(33-4)16(2)36-25(23(22)34-5)37-26(32)29-19-9-7-17(8-10-19)24-28-15-31(30-24)20-13-11-18(27-3)12-14-20/h7-16,21-23,25,27H,6H2,1-5H3,(H,29,32)/t16-,21-,22+,23+,25-/m0/s1. The highest BCUT2D eigenvalue weighted by Crippen LogP contribution is 2.28. The predicted molar refractivity (Wildman–Crippen MR) is 138 cm³/mol. The fourth-order valence-corrected chi connectivity index (χ4v) is 4.28. The molecule has 5 atom stereocenters. The van der Waals surface area contributed by atoms with E-state index in [4.69, 9.17) is 23.7 Å². The molecule has 3 aromatic rings. The van der Waals surface area contributed by atoms with Gasteiger partial charge in [-0.1, -0.05) is 0 Å². The molecule has 2 aromatic carbocycles. The molecule has 0 saturated carbocycles. The molecule has 1 saturated heterocycles. The van der Waals surface area contributed by atoms with E-state index in [1.54, 1.807) is 30.3 Å². The highest BCUT2D eigenvalue weighted by atomic mass is 16.7. The minimum absolute atomic E-state index is 0.356. The first-order valence-electron chi connectivity index (χ1n) is 12.1. The maximum atomic E-state index is 12.7. The van der Waals surface area contributed by atoms with E-state index < -0.39 is 24.6 Å². The lowest BCUT2D eigenvalue weighted by atomic mass is 9.99. The summed E-state index contributed by atoms with van der Waals surface area (Å²) in [5.41, 5.74) is 3.26. The summed E-state index contributed by atoms with van der Waals surface area (Å²) in [6.45, 7) is 4.18. The van der Waals surface area contributed by atoms with E-state index in [1.165, 1.54) is 7.11 Å². The van der Waals surface area contributed by atoms with Crippen molar-refractivity contribution in [2.75, 3.05) is 38.5 Å². The Hall–Kier alpha value is -3.51. The maximum Gasteiger partial charge on any atom is 0.414 e. The molecule has 2 N–H and O–H groups in total. The first-order valence-corrected chi connectivity index (χ1v) is 12.1. The molecule has 0 radical (unpaired) electrons. The summed E-state index contributed by atoms with van der Waals surface area (Å²) in [5.74, 6) is 0.564. The molecule has 1 fully saturated rings. The monoisotopic (exact) mass is 511 g/mol. The van der Waals surface area contributed by atoms with E-state index in [0.29, 0.717) is 18.1 Å². The predicted octanol–water partition coefficient (Wildman–Crippen LogP) is 3.70. The average molecular weight is 512 g/mol. The minimum Gasteiger partial charge on any atom is -0.416 e. The Balaban J connectivity index is 1.39. The number of carbonyl (C=O) groups excluding carboxylic acids is 1. The van der Waals surface area contributed by atoms with Crippen LogP contribution < -0.4 is 10.6 Å². The van der Waals surface area contributed by atoms with Crippen LogP contribution in [0.1, 0.15) is 13.8 Å². The summed E-state index contributed by atoms with van der Waals surface area (Å²) in [5, 5.41) is 10.4. The number of ether oxygens (including phenoxy) is 5. The zero-order valence-corrected chi connectivity index (χ0v) is 21.6. The molecule has 0 aliphatic carbocycles. The molecule has 198 valence electrons. The first-order chi connectivity index (χ1) is 18.0. The lowest BCUT2D eigenvalue weighted by Crippen LogP contribution is -2.60. The van der Waals surface area contributed by atoms with Crippen molar-refractivity contribution < 1.29 is 28.5 Å². The Morgan fingerprint density at radius 3 is 2.30 bits per heavy atom. The molecule has 2 heterocycles. The highest BCUT2D eigenvalue weighted by molar-refractivity contribution is 5.85. The SMILES string of the molecule is CCO[C@@H]1[C@@H](OC)[C@H](C)O[C@@H](OC(=O)Nc2ccc(-c3ncn(-c4ccc(NC)cc4)n3)cc2)[C@@H]1OC. The van der Waals surface area contributed by atoms with Crippen LogP contribution in [-0.2, 0) is 23.7 Å². The van der Waals surface area contributed by atoms with Gasteiger partial charge in [0.05, 0.1) is 11.8 Å². The summed E-state index contributed by atoms with van der Waals surface area (Å²) in [4.78, 5) is 17.1. The molecule has 0 spiro atoms. The van der Waals surface area contributed by atoms with Gasteiger partial charge in [0.2, 0.25) is 6.29 Å². The van der Waals surface area contributed by atoms with Gasteiger partial charge in [0, 0.05) is 44.8 Å². The second-order valence-corrected chi connectivity index (χ2v) is 8.45. The van der Waals surface area contributed by atoms with Crippen LogP contribution in [0.25, 0.3) is 17.1 Å². The van der Waals surface area contributed by atoms with Crippen molar-refractivity contribution >= 4 is 17.5 Å². The van der Waals surface area contributed by atoms with E-state index in [-0.39, 0.29) is 12.2 Å². The normalized spacial score (nSPS) is 23.4. The third kappa shape index (κ3) is 6.08. The van der Waals surface area contributed by atoms with Crippen molar-refractivity contribution in [1.82, 2.24) is 14.8 Å². The number of methoxy groups -OCH3 is 2. The molecule has 1 aliphatic rings. The summed E-state index contributed by atoms with van der Waals surface area (Å²) >= 11 is 0. The summed E-state index contributed by atoms with van der Waals surface area (Å²) in [6.07, 6.45) is -1.79. The van der Waals surface area contributed by atoms with E-state index in [2.05, 4.69) is 20.7 Å². The number of amides is 1. The number of benzene rings is 2. The van der Waals surface area contributed by atoms with Crippen LogP contribution in [0.4, 0.5) is 16.2 Å². The largest absolute Gasteiger partial charge is 0.416 e. The Morgan fingerprint density at radius 1 is 1.00 bits per heavy atom. The molecule has 11 heteroatoms. The van der Waals surface area contributed by atoms with Crippen LogP contribution >= 0.6 is 0 Å². The van der Waals surface area contributed by atoms with Gasteiger partial charge in [-0.05, 0) is 62.4 Å². The summed E-state index contributed by atoms with van der Waals surface area (Å²) < 4.78 is 30.1. The van der Waals surface area contributed by atoms with Crippen molar-refractivity contribution in [3.63, 3.8) is 0 Å². The van der Waals surface area contributed by atoms with Crippen molar-refractivity contribution in [1.29, 1.82) is 0 Å². The van der Waals surface area contributed by atoms with Gasteiger partial charge >= 0.3 is 6.09 Å². The topological polar surface area (TPSA) is 118 Å². The van der Waals surface area contributed by atoms with Crippen LogP contribution in [0.3, 0.4) is 0 Å². The zero-order valence-electron chi connectivity index (χ0n) is 21.6. The van der Waals surface area contributed by atoms with Gasteiger partial charge in [0.1, 0.15) is 24.6 Å². The van der Waals surface area contributed by atoms with Crippen LogP contribution in [-0.4, -0.2) is 79.4 Å². The second kappa shape index (κ2) is 12.2. The van der Waals surface area contributed by atoms with E-state index in [9.17, 15) is 4.79 Å². The Morgan fingerprint density at radius 2 is 1.68 bits per heavy atom. The fourth-order valence-electron chi connectivity index (χ4n) is 4.28. The molecule has 1 aliphatic heterocycles. The quantitative estimate of drug-likeness (QED) is 0.443. The van der Waals surface area contributed by atoms with E-state index >= 15 is 0 Å². The fraction of sp³-hybridized carbons (Fsp3) is 0.423. The van der Waals surface area contributed by atoms with Gasteiger partial charge in [0.25, 0.3) is 0 Å². The third-order valence-corrected chi connectivity index (χ3v) is 6.16. The van der Waals surface area contributed by atoms with Crippen molar-refractivity contribution in [3.8, 4) is 17.1 Å². The molecule has 0 bridgehead atoms. The highest BCUT2D eigenvalue weighted by Gasteiger charge is 2.47. The summed E-state index contributed by atoms with van der Waals surface area (Å²) in [6, 6.07) is 15.0. The van der Waals surface area contributed by atoms with Gasteiger partial charge in [0.15, 0.2) is 5.82 Å². The van der Waals surface area contributed by atoms with Crippen molar-refractivity contribution in [3.05, 3.63) is 54.9 Å². The molecule has 4 rings (SSSR count). The van der Waals surface area contributed by atoms with Crippen LogP contribution in [0.15, 0.2) is 54.9 Å². The molecular weight excluding hydrogens is 478 g/mol. The molecule has 37 heavy (non-hydrogen) atoms. The Kier molecular flexibility index (Phi) is 8.72. The number of hydrogen-bond donors (Lipinski definition) is 2. The molecular formula is C26H33N5O6. The average Bonchev–Trinajstić information content (AvgIpc) is 3.40. The molecule has 1 amide bonds. The van der Waals surface area contributed by atoms with Gasteiger partial charge < -0.3 is 29.0 Å². The number of carbonyl (C=O) groups is 1. The number of nitrogens with zero attached hydrogens (tertiary/aromatic N) is 3. The maximum absolute atomic E-state index is 12.7. The second-order valence-electron chi connectivity index (χ2n) is 8.45. The number of rotatable bonds is 9. The van der Waals surface area contributed by atoms with Gasteiger partial charge in [-0.25, -0.2) is 14.5 Å². The van der Waals surface area contributed by atoms with Crippen molar-refractivity contribution in [2.45, 2.75) is 44.6 Å². The summed E-state index contributed by atoms with van der Waals surface area (Å²) in [7, 11) is 4.97. The lowest BCUT2D eigenvalue weighted by molar-refractivity contribution is -0.292. The van der Waals surface area contributed by atoms with Gasteiger partial charge in [-0.3, -0.25) is 5.32 Å². The number of anilines is 2. The third-order valence-electron chi connectivity index (χ3n) is 6.16. The molecule has 1 aromatic heterocycles. The van der Waals surface area contributed by atoms with E-state index in [1.807, 2.05) is 57.3 Å². The Bertz CT molecular complexity index is 1150. The Labute approximate surface area is 216 Å². The first kappa shape index (κ1) is 26.6. The number of nitrogens with one attached hydrogen (secondary N) is 2. The minimum atomic E-state index is -0.961. The number of aromatic nitrogens is 3.